The lowest BCUT2D eigenvalue weighted by atomic mass is 9.94. The minimum atomic E-state index is -0.902. The molecule has 2 aromatic carbocycles. The second kappa shape index (κ2) is 9.39. The zero-order chi connectivity index (χ0) is 25.4. The minimum Gasteiger partial charge on any atom is -0.503 e. The Labute approximate surface area is 211 Å². The Kier molecular flexibility index (Phi) is 6.12. The molecule has 2 aromatic heterocycles. The first kappa shape index (κ1) is 23.4. The van der Waals surface area contributed by atoms with Crippen LogP contribution in [0.15, 0.2) is 82.6 Å². The van der Waals surface area contributed by atoms with Gasteiger partial charge in [0.1, 0.15) is 5.75 Å². The predicted octanol–water partition coefficient (Wildman–Crippen LogP) is 5.28. The number of Topliss-reactive ketones (excluding diaryl/α,β-unsaturated/α-hetero) is 1. The first-order chi connectivity index (χ1) is 17.4. The Morgan fingerprint density at radius 3 is 2.67 bits per heavy atom. The second-order valence-electron chi connectivity index (χ2n) is 8.16. The van der Waals surface area contributed by atoms with E-state index >= 15 is 0 Å². The van der Waals surface area contributed by atoms with Gasteiger partial charge < -0.3 is 23.9 Å². The topological polar surface area (TPSA) is 102 Å². The molecule has 1 N–H and O–H groups in total. The molecule has 0 bridgehead atoms. The van der Waals surface area contributed by atoms with Crippen LogP contribution in [0.5, 0.6) is 11.5 Å². The van der Waals surface area contributed by atoms with Crippen molar-refractivity contribution in [3.63, 3.8) is 0 Å². The van der Waals surface area contributed by atoms with Crippen LogP contribution in [-0.4, -0.2) is 40.9 Å². The molecule has 0 saturated carbocycles. The Hall–Kier alpha value is -4.30. The van der Waals surface area contributed by atoms with E-state index in [1.54, 1.807) is 60.8 Å². The van der Waals surface area contributed by atoms with E-state index in [1.165, 1.54) is 25.2 Å². The molecule has 0 aliphatic carbocycles. The molecule has 1 unspecified atom stereocenters. The maximum atomic E-state index is 13.8. The Bertz CT molecular complexity index is 1510. The number of aromatic nitrogens is 1. The van der Waals surface area contributed by atoms with Gasteiger partial charge in [-0.15, -0.1) is 0 Å². The molecule has 3 heterocycles. The highest BCUT2D eigenvalue weighted by Crippen LogP contribution is 2.42. The van der Waals surface area contributed by atoms with Gasteiger partial charge in [-0.25, -0.2) is 0 Å². The molecule has 1 atom stereocenters. The highest BCUT2D eigenvalue weighted by molar-refractivity contribution is 6.31. The summed E-state index contributed by atoms with van der Waals surface area (Å²) in [5.41, 5.74) is 1.41. The molecule has 1 aliphatic rings. The van der Waals surface area contributed by atoms with Gasteiger partial charge in [-0.3, -0.25) is 14.6 Å². The van der Waals surface area contributed by atoms with Crippen molar-refractivity contribution >= 4 is 34.3 Å². The number of pyridine rings is 1. The fourth-order valence-corrected chi connectivity index (χ4v) is 4.57. The van der Waals surface area contributed by atoms with E-state index in [1.807, 2.05) is 0 Å². The average Bonchev–Trinajstić information content (AvgIpc) is 3.43. The number of nitrogens with zero attached hydrogens (tertiary/aromatic N) is 2. The van der Waals surface area contributed by atoms with Crippen molar-refractivity contribution < 1.29 is 28.6 Å². The summed E-state index contributed by atoms with van der Waals surface area (Å²) >= 11 is 6.16. The zero-order valence-corrected chi connectivity index (χ0v) is 20.2. The van der Waals surface area contributed by atoms with Crippen molar-refractivity contribution in [2.24, 2.45) is 0 Å². The quantitative estimate of drug-likeness (QED) is 0.342. The molecule has 1 aliphatic heterocycles. The smallest absolute Gasteiger partial charge is 0.290 e. The van der Waals surface area contributed by atoms with E-state index < -0.39 is 23.5 Å². The molecule has 1 amide bonds. The number of rotatable bonds is 7. The summed E-state index contributed by atoms with van der Waals surface area (Å²) in [7, 11) is 2.99. The third-order valence-electron chi connectivity index (χ3n) is 6.01. The SMILES string of the molecule is COc1cccc(C2C(C(=O)c3cc4cc(Cl)cc(OC)c4o3)=C(O)C(=O)N2Cc2ccccn2)c1. The second-order valence-corrected chi connectivity index (χ2v) is 8.60. The summed E-state index contributed by atoms with van der Waals surface area (Å²) in [5.74, 6) is -1.13. The molecule has 4 aromatic rings. The standard InChI is InChI=1S/C27H21ClN2O6/c1-34-19-8-5-6-15(11-19)23-22(25(32)27(33)30(23)14-18-7-3-4-9-29-18)24(31)20-12-16-10-17(28)13-21(35-2)26(16)36-20/h3-13,23,32H,14H2,1-2H3. The number of carbonyl (C=O) groups excluding carboxylic acids is 2. The number of hydrogen-bond acceptors (Lipinski definition) is 7. The minimum absolute atomic E-state index is 0.0625. The molecule has 36 heavy (non-hydrogen) atoms. The Morgan fingerprint density at radius 1 is 1.11 bits per heavy atom. The molecule has 5 rings (SSSR count). The fraction of sp³-hybridized carbons (Fsp3) is 0.148. The van der Waals surface area contributed by atoms with Gasteiger partial charge >= 0.3 is 0 Å². The van der Waals surface area contributed by atoms with Gasteiger partial charge in [0.15, 0.2) is 22.9 Å². The molecule has 0 fully saturated rings. The van der Waals surface area contributed by atoms with E-state index in [-0.39, 0.29) is 17.9 Å². The molecule has 0 spiro atoms. The lowest BCUT2D eigenvalue weighted by molar-refractivity contribution is -0.130. The first-order valence-corrected chi connectivity index (χ1v) is 11.4. The van der Waals surface area contributed by atoms with E-state index in [0.717, 1.165) is 0 Å². The van der Waals surface area contributed by atoms with E-state index in [4.69, 9.17) is 25.5 Å². The number of amides is 1. The van der Waals surface area contributed by atoms with Gasteiger partial charge in [-0.05, 0) is 42.0 Å². The van der Waals surface area contributed by atoms with Crippen LogP contribution in [0.25, 0.3) is 11.0 Å². The molecular formula is C27H21ClN2O6. The number of aliphatic hydroxyl groups excluding tert-OH is 1. The maximum Gasteiger partial charge on any atom is 0.290 e. The number of methoxy groups -OCH3 is 2. The van der Waals surface area contributed by atoms with Gasteiger partial charge in [0.05, 0.1) is 38.1 Å². The Morgan fingerprint density at radius 2 is 1.94 bits per heavy atom. The lowest BCUT2D eigenvalue weighted by Gasteiger charge is -2.26. The predicted molar refractivity (Wildman–Crippen MR) is 132 cm³/mol. The molecular weight excluding hydrogens is 484 g/mol. The summed E-state index contributed by atoms with van der Waals surface area (Å²) in [5, 5.41) is 11.9. The van der Waals surface area contributed by atoms with Crippen molar-refractivity contribution in [2.75, 3.05) is 14.2 Å². The van der Waals surface area contributed by atoms with Crippen LogP contribution in [0.4, 0.5) is 0 Å². The third-order valence-corrected chi connectivity index (χ3v) is 6.23. The lowest BCUT2D eigenvalue weighted by Crippen LogP contribution is -2.31. The van der Waals surface area contributed by atoms with Crippen LogP contribution in [0, 0.1) is 0 Å². The largest absolute Gasteiger partial charge is 0.503 e. The normalized spacial score (nSPS) is 15.6. The summed E-state index contributed by atoms with van der Waals surface area (Å²) in [6.07, 6.45) is 1.61. The molecule has 8 nitrogen and oxygen atoms in total. The number of carbonyl (C=O) groups is 2. The number of aliphatic hydroxyl groups is 1. The van der Waals surface area contributed by atoms with Gasteiger partial charge in [0, 0.05) is 22.7 Å². The van der Waals surface area contributed by atoms with Crippen molar-refractivity contribution in [2.45, 2.75) is 12.6 Å². The number of fused-ring (bicyclic) bond motifs is 1. The number of halogens is 1. The maximum absolute atomic E-state index is 13.8. The van der Waals surface area contributed by atoms with Crippen LogP contribution in [-0.2, 0) is 11.3 Å². The zero-order valence-electron chi connectivity index (χ0n) is 19.4. The van der Waals surface area contributed by atoms with Crippen LogP contribution >= 0.6 is 11.6 Å². The third kappa shape index (κ3) is 4.05. The molecule has 0 radical (unpaired) electrons. The van der Waals surface area contributed by atoms with E-state index in [9.17, 15) is 14.7 Å². The van der Waals surface area contributed by atoms with Crippen molar-refractivity contribution in [1.82, 2.24) is 9.88 Å². The fourth-order valence-electron chi connectivity index (χ4n) is 4.36. The van der Waals surface area contributed by atoms with Crippen molar-refractivity contribution in [1.29, 1.82) is 0 Å². The summed E-state index contributed by atoms with van der Waals surface area (Å²) in [4.78, 5) is 32.7. The molecule has 9 heteroatoms. The summed E-state index contributed by atoms with van der Waals surface area (Å²) in [6.45, 7) is 0.0753. The number of benzene rings is 2. The number of ether oxygens (including phenoxy) is 2. The number of hydrogen-bond donors (Lipinski definition) is 1. The van der Waals surface area contributed by atoms with E-state index in [0.29, 0.717) is 38.7 Å². The van der Waals surface area contributed by atoms with Gasteiger partial charge in [0.2, 0.25) is 5.78 Å². The summed E-state index contributed by atoms with van der Waals surface area (Å²) < 4.78 is 16.5. The number of ketones is 1. The van der Waals surface area contributed by atoms with Crippen LogP contribution in [0.1, 0.15) is 27.9 Å². The van der Waals surface area contributed by atoms with E-state index in [2.05, 4.69) is 4.98 Å². The Balaban J connectivity index is 1.62. The molecule has 182 valence electrons. The highest BCUT2D eigenvalue weighted by atomic mass is 35.5. The van der Waals surface area contributed by atoms with Crippen LogP contribution in [0.2, 0.25) is 5.02 Å². The van der Waals surface area contributed by atoms with Gasteiger partial charge in [-0.1, -0.05) is 29.8 Å². The number of furan rings is 1. The van der Waals surface area contributed by atoms with Crippen LogP contribution in [0.3, 0.4) is 0 Å². The van der Waals surface area contributed by atoms with Gasteiger partial charge in [-0.2, -0.15) is 0 Å². The molecule has 0 saturated heterocycles. The van der Waals surface area contributed by atoms with Crippen molar-refractivity contribution in [3.8, 4) is 11.5 Å². The van der Waals surface area contributed by atoms with Gasteiger partial charge in [0.25, 0.3) is 5.91 Å². The monoisotopic (exact) mass is 504 g/mol. The first-order valence-electron chi connectivity index (χ1n) is 11.0. The van der Waals surface area contributed by atoms with Crippen molar-refractivity contribution in [3.05, 3.63) is 100 Å². The highest BCUT2D eigenvalue weighted by Gasteiger charge is 2.45. The summed E-state index contributed by atoms with van der Waals surface area (Å²) in [6, 6.07) is 16.1. The average molecular weight is 505 g/mol. The van der Waals surface area contributed by atoms with Crippen LogP contribution < -0.4 is 9.47 Å².